The summed E-state index contributed by atoms with van der Waals surface area (Å²) in [6.07, 6.45) is 2.12. The van der Waals surface area contributed by atoms with Gasteiger partial charge in [-0.15, -0.1) is 0 Å². The van der Waals surface area contributed by atoms with Crippen molar-refractivity contribution in [3.8, 4) is 0 Å². The summed E-state index contributed by atoms with van der Waals surface area (Å²) in [7, 11) is -4.48. The molecule has 2 aromatic carbocycles. The SMILES string of the molecule is C=O.CCc1c(CC)c(S(=O)(=O)[O-])c2ccccc2c1CC.[Na+]. The normalized spacial score (nSPS) is 10.6. The smallest absolute Gasteiger partial charge is 0.744 e. The Hall–Kier alpha value is -0.720. The van der Waals surface area contributed by atoms with E-state index in [0.717, 1.165) is 29.4 Å². The van der Waals surface area contributed by atoms with E-state index in [9.17, 15) is 13.0 Å². The van der Waals surface area contributed by atoms with E-state index in [0.29, 0.717) is 17.4 Å². The molecule has 0 aliphatic rings. The molecule has 6 heteroatoms. The van der Waals surface area contributed by atoms with Gasteiger partial charge in [0.2, 0.25) is 0 Å². The van der Waals surface area contributed by atoms with Crippen LogP contribution in [0.25, 0.3) is 10.8 Å². The van der Waals surface area contributed by atoms with Gasteiger partial charge in [-0.05, 0) is 46.7 Å². The van der Waals surface area contributed by atoms with E-state index in [1.807, 2.05) is 32.8 Å². The summed E-state index contributed by atoms with van der Waals surface area (Å²) in [6.45, 7) is 7.97. The van der Waals surface area contributed by atoms with Crippen molar-refractivity contribution in [3.05, 3.63) is 41.0 Å². The second kappa shape index (κ2) is 9.55. The number of carbonyl (C=O) groups is 1. The van der Waals surface area contributed by atoms with Crippen LogP contribution in [0.5, 0.6) is 0 Å². The molecule has 0 aliphatic carbocycles. The summed E-state index contributed by atoms with van der Waals surface area (Å²) in [6, 6.07) is 7.30. The molecular formula is C17H21NaO4S. The van der Waals surface area contributed by atoms with Gasteiger partial charge in [0.25, 0.3) is 0 Å². The van der Waals surface area contributed by atoms with Crippen LogP contribution in [0.3, 0.4) is 0 Å². The molecule has 0 N–H and O–H groups in total. The molecule has 0 atom stereocenters. The monoisotopic (exact) mass is 344 g/mol. The average Bonchev–Trinajstić information content (AvgIpc) is 2.52. The minimum atomic E-state index is -4.48. The Bertz CT molecular complexity index is 770. The Kier molecular flexibility index (Phi) is 9.25. The first-order chi connectivity index (χ1) is 10.5. The van der Waals surface area contributed by atoms with E-state index in [-0.39, 0.29) is 34.5 Å². The molecule has 2 aromatic rings. The number of hydrogen-bond acceptors (Lipinski definition) is 4. The van der Waals surface area contributed by atoms with Crippen LogP contribution in [-0.2, 0) is 34.2 Å². The summed E-state index contributed by atoms with van der Waals surface area (Å²) in [5, 5.41) is 1.45. The molecule has 2 rings (SSSR count). The standard InChI is InChI=1S/C16H20O3S.CH2O.Na/c1-4-11-12(5-2)14-9-7-8-10-15(14)16(13(11)6-3)20(17,18)19;1-2;/h7-10H,4-6H2,1-3H3,(H,17,18,19);1H2;/q;;+1/p-1. The Labute approximate surface area is 160 Å². The average molecular weight is 344 g/mol. The van der Waals surface area contributed by atoms with E-state index in [4.69, 9.17) is 4.79 Å². The predicted octanol–water partition coefficient (Wildman–Crippen LogP) is 0.250. The first-order valence-corrected chi connectivity index (χ1v) is 8.66. The molecule has 0 aromatic heterocycles. The van der Waals surface area contributed by atoms with Crippen molar-refractivity contribution in [1.82, 2.24) is 0 Å². The zero-order valence-electron chi connectivity index (χ0n) is 14.2. The molecule has 0 bridgehead atoms. The molecule has 0 amide bonds. The number of rotatable bonds is 4. The topological polar surface area (TPSA) is 74.3 Å². The first-order valence-electron chi connectivity index (χ1n) is 7.25. The van der Waals surface area contributed by atoms with Crippen molar-refractivity contribution in [2.75, 3.05) is 0 Å². The number of aryl methyl sites for hydroxylation is 1. The molecule has 4 nitrogen and oxygen atoms in total. The van der Waals surface area contributed by atoms with Crippen molar-refractivity contribution in [1.29, 1.82) is 0 Å². The van der Waals surface area contributed by atoms with Crippen molar-refractivity contribution in [2.24, 2.45) is 0 Å². The van der Waals surface area contributed by atoms with Gasteiger partial charge in [0.05, 0.1) is 4.90 Å². The Morgan fingerprint density at radius 3 is 1.70 bits per heavy atom. The maximum Gasteiger partial charge on any atom is 1.00 e. The van der Waals surface area contributed by atoms with Crippen molar-refractivity contribution in [3.63, 3.8) is 0 Å². The number of fused-ring (bicyclic) bond motifs is 1. The van der Waals surface area contributed by atoms with E-state index in [1.54, 1.807) is 12.1 Å². The molecule has 0 radical (unpaired) electrons. The summed E-state index contributed by atoms with van der Waals surface area (Å²) in [5.41, 5.74) is 2.87. The zero-order valence-corrected chi connectivity index (χ0v) is 17.0. The van der Waals surface area contributed by atoms with Crippen LogP contribution in [0.1, 0.15) is 37.5 Å². The maximum absolute atomic E-state index is 11.7. The summed E-state index contributed by atoms with van der Waals surface area (Å²) >= 11 is 0. The van der Waals surface area contributed by atoms with Crippen LogP contribution in [0.15, 0.2) is 29.2 Å². The molecule has 0 fully saturated rings. The first kappa shape index (κ1) is 22.3. The molecule has 0 unspecified atom stereocenters. The maximum atomic E-state index is 11.7. The van der Waals surface area contributed by atoms with Gasteiger partial charge in [-0.1, -0.05) is 45.0 Å². The van der Waals surface area contributed by atoms with E-state index >= 15 is 0 Å². The quantitative estimate of drug-likeness (QED) is 0.589. The van der Waals surface area contributed by atoms with Gasteiger partial charge in [0, 0.05) is 0 Å². The van der Waals surface area contributed by atoms with Gasteiger partial charge in [-0.25, -0.2) is 8.42 Å². The third-order valence-corrected chi connectivity index (χ3v) is 4.78. The van der Waals surface area contributed by atoms with E-state index < -0.39 is 10.1 Å². The van der Waals surface area contributed by atoms with Gasteiger partial charge in [0.1, 0.15) is 16.9 Å². The second-order valence-electron chi connectivity index (χ2n) is 4.83. The second-order valence-corrected chi connectivity index (χ2v) is 6.14. The van der Waals surface area contributed by atoms with Gasteiger partial charge < -0.3 is 9.35 Å². The van der Waals surface area contributed by atoms with Crippen LogP contribution in [0.2, 0.25) is 0 Å². The minimum absolute atomic E-state index is 0. The third kappa shape index (κ3) is 4.43. The Balaban J connectivity index is 0.00000155. The van der Waals surface area contributed by atoms with Gasteiger partial charge in [-0.2, -0.15) is 0 Å². The Morgan fingerprint density at radius 1 is 0.870 bits per heavy atom. The molecule has 0 aliphatic heterocycles. The largest absolute Gasteiger partial charge is 1.00 e. The number of benzene rings is 2. The fourth-order valence-electron chi connectivity index (χ4n) is 3.08. The zero-order chi connectivity index (χ0) is 16.9. The molecule has 0 saturated heterocycles. The van der Waals surface area contributed by atoms with Gasteiger partial charge >= 0.3 is 29.6 Å². The fourth-order valence-corrected chi connectivity index (χ4v) is 4.10. The van der Waals surface area contributed by atoms with Crippen LogP contribution < -0.4 is 29.6 Å². The number of carbonyl (C=O) groups excluding carboxylic acids is 1. The van der Waals surface area contributed by atoms with Crippen LogP contribution in [0.4, 0.5) is 0 Å². The molecule has 23 heavy (non-hydrogen) atoms. The van der Waals surface area contributed by atoms with E-state index in [2.05, 4.69) is 6.92 Å². The minimum Gasteiger partial charge on any atom is -0.744 e. The molecule has 120 valence electrons. The molecule has 0 saturated carbocycles. The summed E-state index contributed by atoms with van der Waals surface area (Å²) in [4.78, 5) is 7.98. The third-order valence-electron chi connectivity index (χ3n) is 3.81. The van der Waals surface area contributed by atoms with Crippen LogP contribution in [-0.4, -0.2) is 19.8 Å². The number of hydrogen-bond donors (Lipinski definition) is 0. The van der Waals surface area contributed by atoms with Crippen molar-refractivity contribution < 1.29 is 47.3 Å². The summed E-state index contributed by atoms with van der Waals surface area (Å²) in [5.74, 6) is 0. The van der Waals surface area contributed by atoms with Crippen molar-refractivity contribution in [2.45, 2.75) is 44.9 Å². The van der Waals surface area contributed by atoms with E-state index in [1.165, 1.54) is 0 Å². The molecular weight excluding hydrogens is 323 g/mol. The van der Waals surface area contributed by atoms with Crippen molar-refractivity contribution >= 4 is 27.7 Å². The molecule has 0 heterocycles. The van der Waals surface area contributed by atoms with Crippen LogP contribution in [0, 0.1) is 0 Å². The van der Waals surface area contributed by atoms with Gasteiger partial charge in [-0.3, -0.25) is 0 Å². The van der Waals surface area contributed by atoms with Gasteiger partial charge in [0.15, 0.2) is 0 Å². The molecule has 0 spiro atoms. The predicted molar refractivity (Wildman–Crippen MR) is 87.2 cm³/mol. The fraction of sp³-hybridized carbons (Fsp3) is 0.353. The Morgan fingerprint density at radius 2 is 1.30 bits per heavy atom. The summed E-state index contributed by atoms with van der Waals surface area (Å²) < 4.78 is 35.2. The van der Waals surface area contributed by atoms with Crippen LogP contribution >= 0.6 is 0 Å².